The van der Waals surface area contributed by atoms with E-state index in [0.717, 1.165) is 16.7 Å². The lowest BCUT2D eigenvalue weighted by molar-refractivity contribution is 0.0966. The molecule has 3 aromatic carbocycles. The van der Waals surface area contributed by atoms with E-state index in [1.165, 1.54) is 12.1 Å². The Kier molecular flexibility index (Phi) is 3.91. The topological polar surface area (TPSA) is 76.7 Å². The van der Waals surface area contributed by atoms with E-state index in [9.17, 15) is 14.4 Å². The Hall–Kier alpha value is -3.96. The van der Waals surface area contributed by atoms with Crippen LogP contribution in [0, 0.1) is 28.5 Å². The van der Waals surface area contributed by atoms with Crippen LogP contribution in [0.1, 0.15) is 27.0 Å². The van der Waals surface area contributed by atoms with Crippen molar-refractivity contribution in [3.05, 3.63) is 82.7 Å². The van der Waals surface area contributed by atoms with Crippen LogP contribution in [0.3, 0.4) is 0 Å². The molecule has 5 heteroatoms. The largest absolute Gasteiger partial charge is 0.348 e. The standard InChI is InChI=1S/C22H12FN3O/c23-18-6-14(11-25)5-16(7-18)20-9-21-17(12-26-22(21)27)8-19(20)15-3-1-2-13(4-15)10-24/h1-9H,12H2,(H,26,27). The number of halogens is 1. The van der Waals surface area contributed by atoms with Gasteiger partial charge in [0.05, 0.1) is 23.3 Å². The molecule has 27 heavy (non-hydrogen) atoms. The van der Waals surface area contributed by atoms with E-state index in [1.807, 2.05) is 18.2 Å². The van der Waals surface area contributed by atoms with Crippen LogP contribution in [0.15, 0.2) is 54.6 Å². The fourth-order valence-corrected chi connectivity index (χ4v) is 3.32. The van der Waals surface area contributed by atoms with Gasteiger partial charge < -0.3 is 5.32 Å². The molecule has 1 amide bonds. The highest BCUT2D eigenvalue weighted by Crippen LogP contribution is 2.37. The van der Waals surface area contributed by atoms with Crippen molar-refractivity contribution in [2.75, 3.05) is 0 Å². The van der Waals surface area contributed by atoms with Crippen molar-refractivity contribution in [1.82, 2.24) is 5.32 Å². The van der Waals surface area contributed by atoms with Crippen molar-refractivity contribution >= 4 is 5.91 Å². The van der Waals surface area contributed by atoms with Crippen LogP contribution < -0.4 is 5.32 Å². The van der Waals surface area contributed by atoms with Crippen molar-refractivity contribution in [3.63, 3.8) is 0 Å². The molecule has 0 radical (unpaired) electrons. The maximum absolute atomic E-state index is 14.0. The number of nitrogens with one attached hydrogen (secondary N) is 1. The number of fused-ring (bicyclic) bond motifs is 1. The monoisotopic (exact) mass is 353 g/mol. The molecule has 1 aliphatic heterocycles. The zero-order valence-electron chi connectivity index (χ0n) is 14.1. The van der Waals surface area contributed by atoms with Crippen LogP contribution in [0.25, 0.3) is 22.3 Å². The van der Waals surface area contributed by atoms with E-state index in [-0.39, 0.29) is 11.5 Å². The lowest BCUT2D eigenvalue weighted by Gasteiger charge is -2.13. The first kappa shape index (κ1) is 16.5. The summed E-state index contributed by atoms with van der Waals surface area (Å²) >= 11 is 0. The smallest absolute Gasteiger partial charge is 0.251 e. The Labute approximate surface area is 155 Å². The van der Waals surface area contributed by atoms with Crippen molar-refractivity contribution in [2.24, 2.45) is 0 Å². The van der Waals surface area contributed by atoms with Gasteiger partial charge in [0.15, 0.2) is 0 Å². The lowest BCUT2D eigenvalue weighted by atomic mass is 9.89. The van der Waals surface area contributed by atoms with Crippen LogP contribution in [0.4, 0.5) is 4.39 Å². The van der Waals surface area contributed by atoms with Gasteiger partial charge in [-0.2, -0.15) is 10.5 Å². The third-order valence-corrected chi connectivity index (χ3v) is 4.57. The minimum absolute atomic E-state index is 0.180. The van der Waals surface area contributed by atoms with Gasteiger partial charge in [0, 0.05) is 12.1 Å². The molecule has 0 aromatic heterocycles. The Morgan fingerprint density at radius 2 is 1.59 bits per heavy atom. The molecule has 0 aliphatic carbocycles. The van der Waals surface area contributed by atoms with Crippen LogP contribution in [0.5, 0.6) is 0 Å². The molecule has 0 bridgehead atoms. The zero-order chi connectivity index (χ0) is 19.0. The number of amides is 1. The molecule has 1 aliphatic rings. The van der Waals surface area contributed by atoms with Gasteiger partial charge in [-0.05, 0) is 70.3 Å². The van der Waals surface area contributed by atoms with Gasteiger partial charge in [-0.15, -0.1) is 0 Å². The summed E-state index contributed by atoms with van der Waals surface area (Å²) in [5, 5.41) is 21.1. The molecule has 0 unspecified atom stereocenters. The van der Waals surface area contributed by atoms with Crippen molar-refractivity contribution in [2.45, 2.75) is 6.54 Å². The molecule has 4 nitrogen and oxygen atoms in total. The van der Waals surface area contributed by atoms with E-state index in [2.05, 4.69) is 11.4 Å². The Morgan fingerprint density at radius 3 is 2.37 bits per heavy atom. The second-order valence-corrected chi connectivity index (χ2v) is 6.27. The first-order valence-electron chi connectivity index (χ1n) is 8.26. The van der Waals surface area contributed by atoms with E-state index in [4.69, 9.17) is 5.26 Å². The number of hydrogen-bond donors (Lipinski definition) is 1. The first-order chi connectivity index (χ1) is 13.1. The van der Waals surface area contributed by atoms with Crippen molar-refractivity contribution in [1.29, 1.82) is 10.5 Å². The molecule has 0 saturated heterocycles. The molecule has 0 atom stereocenters. The number of carbonyl (C=O) groups excluding carboxylic acids is 1. The highest BCUT2D eigenvalue weighted by Gasteiger charge is 2.22. The van der Waals surface area contributed by atoms with E-state index >= 15 is 0 Å². The Bertz CT molecular complexity index is 1190. The number of carbonyl (C=O) groups is 1. The molecule has 128 valence electrons. The quantitative estimate of drug-likeness (QED) is 0.752. The van der Waals surface area contributed by atoms with Gasteiger partial charge in [0.2, 0.25) is 0 Å². The second kappa shape index (κ2) is 6.40. The van der Waals surface area contributed by atoms with Crippen molar-refractivity contribution in [3.8, 4) is 34.4 Å². The number of nitrogens with zero attached hydrogens (tertiary/aromatic N) is 2. The fraction of sp³-hybridized carbons (Fsp3) is 0.0455. The number of hydrogen-bond acceptors (Lipinski definition) is 3. The third-order valence-electron chi connectivity index (χ3n) is 4.57. The van der Waals surface area contributed by atoms with Gasteiger partial charge in [0.1, 0.15) is 5.82 Å². The fourth-order valence-electron chi connectivity index (χ4n) is 3.32. The van der Waals surface area contributed by atoms with Gasteiger partial charge in [-0.3, -0.25) is 4.79 Å². The molecule has 0 spiro atoms. The van der Waals surface area contributed by atoms with Crippen LogP contribution >= 0.6 is 0 Å². The van der Waals surface area contributed by atoms with Crippen molar-refractivity contribution < 1.29 is 9.18 Å². The second-order valence-electron chi connectivity index (χ2n) is 6.27. The molecule has 1 heterocycles. The predicted molar refractivity (Wildman–Crippen MR) is 97.9 cm³/mol. The Morgan fingerprint density at radius 1 is 0.852 bits per heavy atom. The molecule has 3 aromatic rings. The maximum Gasteiger partial charge on any atom is 0.251 e. The summed E-state index contributed by atoms with van der Waals surface area (Å²) in [7, 11) is 0. The van der Waals surface area contributed by atoms with Crippen LogP contribution in [0.2, 0.25) is 0 Å². The molecule has 0 fully saturated rings. The minimum Gasteiger partial charge on any atom is -0.348 e. The minimum atomic E-state index is -0.522. The third kappa shape index (κ3) is 2.92. The van der Waals surface area contributed by atoms with Crippen LogP contribution in [-0.2, 0) is 6.54 Å². The molecule has 0 saturated carbocycles. The lowest BCUT2D eigenvalue weighted by Crippen LogP contribution is -2.12. The van der Waals surface area contributed by atoms with E-state index in [1.54, 1.807) is 30.3 Å². The normalized spacial score (nSPS) is 12.0. The number of rotatable bonds is 2. The summed E-state index contributed by atoms with van der Waals surface area (Å²) in [5.41, 5.74) is 4.79. The maximum atomic E-state index is 14.0. The highest BCUT2D eigenvalue weighted by atomic mass is 19.1. The summed E-state index contributed by atoms with van der Waals surface area (Å²) in [6, 6.07) is 18.9. The molecule has 1 N–H and O–H groups in total. The van der Waals surface area contributed by atoms with Gasteiger partial charge in [-0.1, -0.05) is 12.1 Å². The van der Waals surface area contributed by atoms with Gasteiger partial charge >= 0.3 is 0 Å². The van der Waals surface area contributed by atoms with Crippen LogP contribution in [-0.4, -0.2) is 5.91 Å². The number of benzene rings is 3. The number of nitriles is 2. The van der Waals surface area contributed by atoms with E-state index < -0.39 is 5.82 Å². The average Bonchev–Trinajstić information content (AvgIpc) is 3.06. The highest BCUT2D eigenvalue weighted by molar-refractivity contribution is 6.01. The summed E-state index contributed by atoms with van der Waals surface area (Å²) in [5.74, 6) is -0.703. The Balaban J connectivity index is 2.01. The zero-order valence-corrected chi connectivity index (χ0v) is 14.1. The summed E-state index contributed by atoms with van der Waals surface area (Å²) in [4.78, 5) is 12.1. The predicted octanol–water partition coefficient (Wildman–Crippen LogP) is 4.15. The first-order valence-corrected chi connectivity index (χ1v) is 8.26. The summed E-state index contributed by atoms with van der Waals surface area (Å²) < 4.78 is 14.0. The summed E-state index contributed by atoms with van der Waals surface area (Å²) in [6.45, 7) is 0.423. The molecular formula is C22H12FN3O. The van der Waals surface area contributed by atoms with Gasteiger partial charge in [-0.25, -0.2) is 4.39 Å². The summed E-state index contributed by atoms with van der Waals surface area (Å²) in [6.07, 6.45) is 0. The molecular weight excluding hydrogens is 341 g/mol. The van der Waals surface area contributed by atoms with E-state index in [0.29, 0.717) is 28.8 Å². The molecule has 4 rings (SSSR count). The SMILES string of the molecule is N#Cc1cccc(-c2cc3c(cc2-c2cc(F)cc(C#N)c2)C(=O)NC3)c1. The average molecular weight is 353 g/mol. The van der Waals surface area contributed by atoms with Gasteiger partial charge in [0.25, 0.3) is 5.91 Å².